The number of aryl methyl sites for hydroxylation is 2. The third-order valence-electron chi connectivity index (χ3n) is 4.99. The van der Waals surface area contributed by atoms with Crippen molar-refractivity contribution < 1.29 is 4.74 Å². The van der Waals surface area contributed by atoms with Crippen LogP contribution in [0.4, 0.5) is 28.8 Å². The van der Waals surface area contributed by atoms with E-state index in [9.17, 15) is 0 Å². The van der Waals surface area contributed by atoms with Crippen LogP contribution in [-0.2, 0) is 11.2 Å². The van der Waals surface area contributed by atoms with E-state index in [1.54, 1.807) is 0 Å². The molecular formula is C23H27N5O. The van der Waals surface area contributed by atoms with Crippen molar-refractivity contribution in [3.8, 4) is 0 Å². The number of morpholine rings is 1. The average Bonchev–Trinajstić information content (AvgIpc) is 2.75. The fourth-order valence-corrected chi connectivity index (χ4v) is 3.44. The lowest BCUT2D eigenvalue weighted by Crippen LogP contribution is -2.36. The molecule has 0 bridgehead atoms. The van der Waals surface area contributed by atoms with Crippen LogP contribution in [0.25, 0.3) is 0 Å². The molecule has 1 saturated heterocycles. The maximum absolute atomic E-state index is 5.49. The van der Waals surface area contributed by atoms with E-state index in [0.29, 0.717) is 5.95 Å². The van der Waals surface area contributed by atoms with Crippen molar-refractivity contribution >= 4 is 28.8 Å². The molecule has 1 fully saturated rings. The molecule has 2 N–H and O–H groups in total. The van der Waals surface area contributed by atoms with E-state index >= 15 is 0 Å². The van der Waals surface area contributed by atoms with Gasteiger partial charge in [-0.25, -0.2) is 4.98 Å². The third-order valence-corrected chi connectivity index (χ3v) is 4.99. The zero-order valence-corrected chi connectivity index (χ0v) is 17.0. The van der Waals surface area contributed by atoms with E-state index in [1.807, 2.05) is 19.1 Å². The fraction of sp³-hybridized carbons (Fsp3) is 0.304. The predicted molar refractivity (Wildman–Crippen MR) is 119 cm³/mol. The van der Waals surface area contributed by atoms with E-state index in [2.05, 4.69) is 74.9 Å². The number of benzene rings is 2. The van der Waals surface area contributed by atoms with Crippen molar-refractivity contribution in [1.82, 2.24) is 9.97 Å². The Labute approximate surface area is 172 Å². The first-order chi connectivity index (χ1) is 14.2. The summed E-state index contributed by atoms with van der Waals surface area (Å²) in [5, 5.41) is 6.79. The van der Waals surface area contributed by atoms with Gasteiger partial charge in [0.1, 0.15) is 5.82 Å². The topological polar surface area (TPSA) is 62.3 Å². The normalized spacial score (nSPS) is 13.9. The molecule has 0 radical (unpaired) electrons. The summed E-state index contributed by atoms with van der Waals surface area (Å²) in [6.07, 6.45) is 1.03. The molecule has 2 aromatic carbocycles. The smallest absolute Gasteiger partial charge is 0.229 e. The Bertz CT molecular complexity index is 952. The molecule has 0 unspecified atom stereocenters. The number of hydrogen-bond acceptors (Lipinski definition) is 6. The standard InChI is InChI=1S/C23H27N5O/c1-3-18-8-10-19(11-9-18)25-23-24-17(2)16-22(27-23)26-20-6-4-5-7-21(20)28-12-14-29-15-13-28/h4-11,16H,3,12-15H2,1-2H3,(H2,24,25,26,27). The highest BCUT2D eigenvalue weighted by atomic mass is 16.5. The Kier molecular flexibility index (Phi) is 5.91. The second-order valence-electron chi connectivity index (χ2n) is 7.14. The summed E-state index contributed by atoms with van der Waals surface area (Å²) in [6, 6.07) is 18.6. The Morgan fingerprint density at radius 1 is 0.966 bits per heavy atom. The number of nitrogens with zero attached hydrogens (tertiary/aromatic N) is 3. The molecule has 0 spiro atoms. The van der Waals surface area contributed by atoms with Gasteiger partial charge in [0.25, 0.3) is 0 Å². The zero-order valence-electron chi connectivity index (χ0n) is 17.0. The maximum atomic E-state index is 5.49. The quantitative estimate of drug-likeness (QED) is 0.639. The molecule has 4 rings (SSSR count). The largest absolute Gasteiger partial charge is 0.378 e. The van der Waals surface area contributed by atoms with Gasteiger partial charge >= 0.3 is 0 Å². The molecule has 0 aliphatic carbocycles. The van der Waals surface area contributed by atoms with Crippen LogP contribution in [0, 0.1) is 6.92 Å². The zero-order chi connectivity index (χ0) is 20.1. The van der Waals surface area contributed by atoms with Crippen LogP contribution in [0.15, 0.2) is 54.6 Å². The fourth-order valence-electron chi connectivity index (χ4n) is 3.44. The van der Waals surface area contributed by atoms with Crippen molar-refractivity contribution in [1.29, 1.82) is 0 Å². The first kappa shape index (κ1) is 19.2. The molecule has 6 nitrogen and oxygen atoms in total. The Morgan fingerprint density at radius 2 is 1.72 bits per heavy atom. The van der Waals surface area contributed by atoms with Gasteiger partial charge in [0.05, 0.1) is 24.6 Å². The summed E-state index contributed by atoms with van der Waals surface area (Å²) in [6.45, 7) is 7.42. The number of nitrogens with one attached hydrogen (secondary N) is 2. The molecule has 29 heavy (non-hydrogen) atoms. The number of anilines is 5. The van der Waals surface area contributed by atoms with Crippen LogP contribution < -0.4 is 15.5 Å². The average molecular weight is 390 g/mol. The Morgan fingerprint density at radius 3 is 2.48 bits per heavy atom. The monoisotopic (exact) mass is 389 g/mol. The molecular weight excluding hydrogens is 362 g/mol. The van der Waals surface area contributed by atoms with Crippen molar-refractivity contribution in [2.75, 3.05) is 41.8 Å². The lowest BCUT2D eigenvalue weighted by Gasteiger charge is -2.30. The van der Waals surface area contributed by atoms with Gasteiger partial charge in [0.15, 0.2) is 0 Å². The van der Waals surface area contributed by atoms with Gasteiger partial charge in [0, 0.05) is 30.5 Å². The molecule has 6 heteroatoms. The summed E-state index contributed by atoms with van der Waals surface area (Å²) in [5.74, 6) is 1.35. The highest BCUT2D eigenvalue weighted by molar-refractivity contribution is 5.74. The van der Waals surface area contributed by atoms with E-state index in [4.69, 9.17) is 4.74 Å². The molecule has 0 saturated carbocycles. The summed E-state index contributed by atoms with van der Waals surface area (Å²) >= 11 is 0. The lowest BCUT2D eigenvalue weighted by atomic mass is 10.1. The molecule has 150 valence electrons. The van der Waals surface area contributed by atoms with Crippen molar-refractivity contribution in [3.63, 3.8) is 0 Å². The van der Waals surface area contributed by atoms with Crippen LogP contribution in [-0.4, -0.2) is 36.3 Å². The number of para-hydroxylation sites is 2. The number of rotatable bonds is 6. The second-order valence-corrected chi connectivity index (χ2v) is 7.14. The van der Waals surface area contributed by atoms with Crippen molar-refractivity contribution in [2.24, 2.45) is 0 Å². The van der Waals surface area contributed by atoms with Gasteiger partial charge in [-0.3, -0.25) is 0 Å². The number of ether oxygens (including phenoxy) is 1. The molecule has 1 aromatic heterocycles. The molecule has 0 amide bonds. The van der Waals surface area contributed by atoms with Crippen molar-refractivity contribution in [2.45, 2.75) is 20.3 Å². The van der Waals surface area contributed by atoms with E-state index in [0.717, 1.165) is 61.3 Å². The van der Waals surface area contributed by atoms with E-state index in [-0.39, 0.29) is 0 Å². The number of aromatic nitrogens is 2. The maximum Gasteiger partial charge on any atom is 0.229 e. The molecule has 1 aliphatic rings. The van der Waals surface area contributed by atoms with Gasteiger partial charge in [-0.05, 0) is 43.2 Å². The third kappa shape index (κ3) is 4.84. The van der Waals surface area contributed by atoms with Gasteiger partial charge in [-0.2, -0.15) is 4.98 Å². The van der Waals surface area contributed by atoms with Gasteiger partial charge in [-0.1, -0.05) is 31.2 Å². The first-order valence-electron chi connectivity index (χ1n) is 10.1. The molecule has 3 aromatic rings. The molecule has 2 heterocycles. The minimum atomic E-state index is 0.584. The van der Waals surface area contributed by atoms with Crippen LogP contribution in [0.1, 0.15) is 18.2 Å². The predicted octanol–water partition coefficient (Wildman–Crippen LogP) is 4.67. The number of hydrogen-bond donors (Lipinski definition) is 2. The van der Waals surface area contributed by atoms with Crippen LogP contribution >= 0.6 is 0 Å². The van der Waals surface area contributed by atoms with Gasteiger partial charge in [-0.15, -0.1) is 0 Å². The molecule has 0 atom stereocenters. The first-order valence-corrected chi connectivity index (χ1v) is 10.1. The van der Waals surface area contributed by atoms with Crippen LogP contribution in [0.3, 0.4) is 0 Å². The summed E-state index contributed by atoms with van der Waals surface area (Å²) in [4.78, 5) is 11.6. The molecule has 1 aliphatic heterocycles. The van der Waals surface area contributed by atoms with Gasteiger partial charge in [0.2, 0.25) is 5.95 Å². The Balaban J connectivity index is 1.55. The highest BCUT2D eigenvalue weighted by Crippen LogP contribution is 2.29. The minimum absolute atomic E-state index is 0.584. The van der Waals surface area contributed by atoms with Crippen LogP contribution in [0.2, 0.25) is 0 Å². The summed E-state index contributed by atoms with van der Waals surface area (Å²) < 4.78 is 5.49. The second kappa shape index (κ2) is 8.92. The van der Waals surface area contributed by atoms with Crippen molar-refractivity contribution in [3.05, 3.63) is 65.9 Å². The van der Waals surface area contributed by atoms with E-state index < -0.39 is 0 Å². The Hall–Kier alpha value is -3.12. The van der Waals surface area contributed by atoms with Crippen LogP contribution in [0.5, 0.6) is 0 Å². The van der Waals surface area contributed by atoms with E-state index in [1.165, 1.54) is 5.56 Å². The van der Waals surface area contributed by atoms with Gasteiger partial charge < -0.3 is 20.3 Å². The highest BCUT2D eigenvalue weighted by Gasteiger charge is 2.15. The summed E-state index contributed by atoms with van der Waals surface area (Å²) in [7, 11) is 0. The summed E-state index contributed by atoms with van der Waals surface area (Å²) in [5.41, 5.74) is 5.39. The lowest BCUT2D eigenvalue weighted by molar-refractivity contribution is 0.123. The SMILES string of the molecule is CCc1ccc(Nc2nc(C)cc(Nc3ccccc3N3CCOCC3)n2)cc1. The minimum Gasteiger partial charge on any atom is -0.378 e.